The minimum absolute atomic E-state index is 0.113. The largest absolute Gasteiger partial charge is 0.370 e. The maximum Gasteiger partial charge on any atom is 0.166 e. The molecule has 0 aliphatic rings. The highest BCUT2D eigenvalue weighted by atomic mass is 79.9. The number of pyridine rings is 1. The van der Waals surface area contributed by atoms with Crippen molar-refractivity contribution >= 4 is 21.7 Å². The molecular formula is C13H18BrNO2. The van der Waals surface area contributed by atoms with Gasteiger partial charge in [0.2, 0.25) is 0 Å². The Bertz CT molecular complexity index is 379. The van der Waals surface area contributed by atoms with E-state index in [0.29, 0.717) is 13.0 Å². The van der Waals surface area contributed by atoms with Crippen LogP contribution in [0.25, 0.3) is 0 Å². The molecular weight excluding hydrogens is 282 g/mol. The molecule has 0 saturated carbocycles. The summed E-state index contributed by atoms with van der Waals surface area (Å²) in [6.07, 6.45) is 3.47. The van der Waals surface area contributed by atoms with E-state index in [-0.39, 0.29) is 17.8 Å². The van der Waals surface area contributed by atoms with Gasteiger partial charge in [-0.1, -0.05) is 13.8 Å². The highest BCUT2D eigenvalue weighted by Gasteiger charge is 2.22. The molecule has 0 aliphatic carbocycles. The third-order valence-electron chi connectivity index (χ3n) is 2.41. The van der Waals surface area contributed by atoms with Crippen LogP contribution in [0.1, 0.15) is 26.3 Å². The van der Waals surface area contributed by atoms with E-state index in [9.17, 15) is 4.79 Å². The zero-order valence-electron chi connectivity index (χ0n) is 10.4. The van der Waals surface area contributed by atoms with E-state index in [1.165, 1.54) is 0 Å². The Labute approximate surface area is 111 Å². The first-order chi connectivity index (χ1) is 8.04. The van der Waals surface area contributed by atoms with E-state index >= 15 is 0 Å². The first-order valence-corrected chi connectivity index (χ1v) is 6.57. The summed E-state index contributed by atoms with van der Waals surface area (Å²) >= 11 is 3.34. The van der Waals surface area contributed by atoms with Crippen LogP contribution in [0.15, 0.2) is 22.9 Å². The number of ether oxygens (including phenoxy) is 1. The van der Waals surface area contributed by atoms with Gasteiger partial charge in [0.15, 0.2) is 5.78 Å². The van der Waals surface area contributed by atoms with Crippen molar-refractivity contribution in [2.45, 2.75) is 33.3 Å². The number of hydrogen-bond acceptors (Lipinski definition) is 3. The smallest absolute Gasteiger partial charge is 0.166 e. The predicted octanol–water partition coefficient (Wildman–Crippen LogP) is 3.02. The molecule has 1 unspecified atom stereocenters. The van der Waals surface area contributed by atoms with Crippen molar-refractivity contribution < 1.29 is 9.53 Å². The maximum atomic E-state index is 12.1. The summed E-state index contributed by atoms with van der Waals surface area (Å²) in [6, 6.07) is 1.91. The lowest BCUT2D eigenvalue weighted by Crippen LogP contribution is -2.31. The topological polar surface area (TPSA) is 39.2 Å². The Kier molecular flexibility index (Phi) is 5.78. The molecule has 94 valence electrons. The van der Waals surface area contributed by atoms with E-state index in [2.05, 4.69) is 20.9 Å². The number of ketones is 1. The number of aromatic nitrogens is 1. The van der Waals surface area contributed by atoms with Crippen molar-refractivity contribution in [1.29, 1.82) is 0 Å². The van der Waals surface area contributed by atoms with E-state index < -0.39 is 0 Å². The molecule has 0 fully saturated rings. The van der Waals surface area contributed by atoms with Crippen LogP contribution in [0.5, 0.6) is 0 Å². The van der Waals surface area contributed by atoms with Gasteiger partial charge < -0.3 is 4.74 Å². The van der Waals surface area contributed by atoms with Gasteiger partial charge in [-0.05, 0) is 40.4 Å². The number of halogens is 1. The monoisotopic (exact) mass is 299 g/mol. The minimum atomic E-state index is -0.320. The third-order valence-corrected chi connectivity index (χ3v) is 2.84. The lowest BCUT2D eigenvalue weighted by molar-refractivity contribution is -0.132. The summed E-state index contributed by atoms with van der Waals surface area (Å²) in [4.78, 5) is 16.1. The number of rotatable bonds is 6. The molecule has 0 N–H and O–H groups in total. The molecule has 0 bridgehead atoms. The van der Waals surface area contributed by atoms with Crippen LogP contribution in [0, 0.1) is 5.92 Å². The molecule has 0 amide bonds. The highest BCUT2D eigenvalue weighted by molar-refractivity contribution is 9.10. The number of carbonyl (C=O) groups is 1. The number of nitrogens with zero attached hydrogens (tertiary/aromatic N) is 1. The van der Waals surface area contributed by atoms with Crippen LogP contribution in [-0.4, -0.2) is 23.5 Å². The van der Waals surface area contributed by atoms with E-state index in [1.54, 1.807) is 12.4 Å². The Balaban J connectivity index is 2.69. The van der Waals surface area contributed by atoms with Crippen LogP contribution < -0.4 is 0 Å². The standard InChI is InChI=1S/C13H18BrNO2/c1-4-17-13(9(2)3)12(16)6-10-5-11(14)8-15-7-10/h5,7-9,13H,4,6H2,1-3H3. The van der Waals surface area contributed by atoms with Gasteiger partial charge in [0, 0.05) is 29.9 Å². The molecule has 1 aromatic heterocycles. The van der Waals surface area contributed by atoms with E-state index in [4.69, 9.17) is 4.74 Å². The molecule has 0 aromatic carbocycles. The lowest BCUT2D eigenvalue weighted by Gasteiger charge is -2.19. The molecule has 0 radical (unpaired) electrons. The molecule has 1 aromatic rings. The van der Waals surface area contributed by atoms with Gasteiger partial charge in [0.25, 0.3) is 0 Å². The average Bonchev–Trinajstić information content (AvgIpc) is 2.25. The van der Waals surface area contributed by atoms with Crippen molar-refractivity contribution in [3.8, 4) is 0 Å². The Morgan fingerprint density at radius 1 is 1.47 bits per heavy atom. The summed E-state index contributed by atoms with van der Waals surface area (Å²) in [7, 11) is 0. The van der Waals surface area contributed by atoms with Crippen LogP contribution in [-0.2, 0) is 16.0 Å². The first-order valence-electron chi connectivity index (χ1n) is 5.78. The van der Waals surface area contributed by atoms with Gasteiger partial charge in [0.05, 0.1) is 0 Å². The molecule has 17 heavy (non-hydrogen) atoms. The highest BCUT2D eigenvalue weighted by Crippen LogP contribution is 2.14. The van der Waals surface area contributed by atoms with Crippen molar-refractivity contribution in [1.82, 2.24) is 4.98 Å². The zero-order valence-corrected chi connectivity index (χ0v) is 12.0. The zero-order chi connectivity index (χ0) is 12.8. The third kappa shape index (κ3) is 4.56. The number of Topliss-reactive ketones (excluding diaryl/α,β-unsaturated/α-hetero) is 1. The van der Waals surface area contributed by atoms with E-state index in [1.807, 2.05) is 26.8 Å². The van der Waals surface area contributed by atoms with Crippen LogP contribution in [0.3, 0.4) is 0 Å². The number of carbonyl (C=O) groups excluding carboxylic acids is 1. The molecule has 0 aliphatic heterocycles. The summed E-state index contributed by atoms with van der Waals surface area (Å²) in [6.45, 7) is 6.46. The van der Waals surface area contributed by atoms with Gasteiger partial charge >= 0.3 is 0 Å². The van der Waals surface area contributed by atoms with Crippen LogP contribution in [0.2, 0.25) is 0 Å². The van der Waals surface area contributed by atoms with Gasteiger partial charge in [-0.3, -0.25) is 9.78 Å². The molecule has 0 saturated heterocycles. The minimum Gasteiger partial charge on any atom is -0.370 e. The Hall–Kier alpha value is -0.740. The number of hydrogen-bond donors (Lipinski definition) is 0. The van der Waals surface area contributed by atoms with Crippen molar-refractivity contribution in [2.75, 3.05) is 6.61 Å². The normalized spacial score (nSPS) is 12.8. The molecule has 1 heterocycles. The molecule has 0 spiro atoms. The predicted molar refractivity (Wildman–Crippen MR) is 70.9 cm³/mol. The van der Waals surface area contributed by atoms with Gasteiger partial charge in [0.1, 0.15) is 6.10 Å². The molecule has 4 heteroatoms. The van der Waals surface area contributed by atoms with Crippen LogP contribution >= 0.6 is 15.9 Å². The SMILES string of the molecule is CCOC(C(=O)Cc1cncc(Br)c1)C(C)C. The van der Waals surface area contributed by atoms with Crippen molar-refractivity contribution in [3.05, 3.63) is 28.5 Å². The average molecular weight is 300 g/mol. The first kappa shape index (κ1) is 14.3. The van der Waals surface area contributed by atoms with Crippen LogP contribution in [0.4, 0.5) is 0 Å². The summed E-state index contributed by atoms with van der Waals surface area (Å²) < 4.78 is 6.38. The van der Waals surface area contributed by atoms with Crippen molar-refractivity contribution in [3.63, 3.8) is 0 Å². The molecule has 1 rings (SSSR count). The maximum absolute atomic E-state index is 12.1. The fraction of sp³-hybridized carbons (Fsp3) is 0.538. The lowest BCUT2D eigenvalue weighted by atomic mass is 9.98. The fourth-order valence-corrected chi connectivity index (χ4v) is 2.10. The molecule has 1 atom stereocenters. The Morgan fingerprint density at radius 2 is 2.18 bits per heavy atom. The van der Waals surface area contributed by atoms with E-state index in [0.717, 1.165) is 10.0 Å². The van der Waals surface area contributed by atoms with Gasteiger partial charge in [-0.15, -0.1) is 0 Å². The summed E-state index contributed by atoms with van der Waals surface area (Å²) in [5.74, 6) is 0.310. The second-order valence-electron chi connectivity index (χ2n) is 4.27. The van der Waals surface area contributed by atoms with Crippen molar-refractivity contribution in [2.24, 2.45) is 5.92 Å². The quantitative estimate of drug-likeness (QED) is 0.810. The molecule has 3 nitrogen and oxygen atoms in total. The van der Waals surface area contributed by atoms with Gasteiger partial charge in [-0.25, -0.2) is 0 Å². The Morgan fingerprint density at radius 3 is 2.71 bits per heavy atom. The second kappa shape index (κ2) is 6.87. The second-order valence-corrected chi connectivity index (χ2v) is 5.19. The fourth-order valence-electron chi connectivity index (χ4n) is 1.69. The summed E-state index contributed by atoms with van der Waals surface area (Å²) in [5.41, 5.74) is 0.912. The summed E-state index contributed by atoms with van der Waals surface area (Å²) in [5, 5.41) is 0. The van der Waals surface area contributed by atoms with Gasteiger partial charge in [-0.2, -0.15) is 0 Å².